The van der Waals surface area contributed by atoms with Crippen LogP contribution in [0.25, 0.3) is 0 Å². The highest BCUT2D eigenvalue weighted by Crippen LogP contribution is 1.92. The fraction of sp³-hybridized carbons (Fsp3) is 0.500. The third-order valence-electron chi connectivity index (χ3n) is 0.641. The summed E-state index contributed by atoms with van der Waals surface area (Å²) in [5.41, 5.74) is 0. The summed E-state index contributed by atoms with van der Waals surface area (Å²) in [6.07, 6.45) is -2.49. The monoisotopic (exact) mass is 116 g/mol. The molecule has 46 valence electrons. The molecule has 0 spiro atoms. The summed E-state index contributed by atoms with van der Waals surface area (Å²) in [4.78, 5) is 6.16. The van der Waals surface area contributed by atoms with Gasteiger partial charge in [-0.05, 0) is 13.4 Å². The zero-order valence-corrected chi connectivity index (χ0v) is 4.36. The van der Waals surface area contributed by atoms with Crippen LogP contribution in [0.15, 0.2) is 9.98 Å². The van der Waals surface area contributed by atoms with Gasteiger partial charge in [0.25, 0.3) is 0 Å². The van der Waals surface area contributed by atoms with E-state index in [1.807, 2.05) is 0 Å². The molecule has 2 N–H and O–H groups in total. The second kappa shape index (κ2) is 3.29. The van der Waals surface area contributed by atoms with E-state index in [1.165, 1.54) is 0 Å². The number of aliphatic imine (C=N–C) groups is 2. The van der Waals surface area contributed by atoms with Crippen LogP contribution < -0.4 is 0 Å². The first-order valence-corrected chi connectivity index (χ1v) is 2.00. The third kappa shape index (κ3) is 1.81. The standard InChI is InChI=1S/C4H8N2O2/c1-5-3(7)4(8)6-2/h3-4,7-8H,1-2H2. The Kier molecular flexibility index (Phi) is 2.98. The van der Waals surface area contributed by atoms with Crippen molar-refractivity contribution in [2.24, 2.45) is 9.98 Å². The van der Waals surface area contributed by atoms with Gasteiger partial charge in [0.15, 0.2) is 12.5 Å². The van der Waals surface area contributed by atoms with Gasteiger partial charge in [0.05, 0.1) is 0 Å². The van der Waals surface area contributed by atoms with Crippen LogP contribution in [-0.4, -0.2) is 36.1 Å². The van der Waals surface area contributed by atoms with Crippen molar-refractivity contribution in [3.8, 4) is 0 Å². The first-order chi connectivity index (χ1) is 3.72. The molecular formula is C4H8N2O2. The van der Waals surface area contributed by atoms with E-state index in [0.29, 0.717) is 0 Å². The molecule has 0 aromatic heterocycles. The Labute approximate surface area is 47.2 Å². The average molecular weight is 116 g/mol. The number of nitrogens with zero attached hydrogens (tertiary/aromatic N) is 2. The van der Waals surface area contributed by atoms with E-state index in [4.69, 9.17) is 10.2 Å². The minimum atomic E-state index is -1.24. The molecule has 0 radical (unpaired) electrons. The first-order valence-electron chi connectivity index (χ1n) is 2.00. The van der Waals surface area contributed by atoms with Crippen LogP contribution in [0.5, 0.6) is 0 Å². The molecule has 0 aromatic rings. The van der Waals surface area contributed by atoms with Crippen molar-refractivity contribution in [2.75, 3.05) is 0 Å². The summed E-state index contributed by atoms with van der Waals surface area (Å²) in [6, 6.07) is 0. The maximum atomic E-state index is 8.51. The van der Waals surface area contributed by atoms with Gasteiger partial charge in [0.2, 0.25) is 0 Å². The Hall–Kier alpha value is -0.740. The summed E-state index contributed by atoms with van der Waals surface area (Å²) < 4.78 is 0. The van der Waals surface area contributed by atoms with E-state index >= 15 is 0 Å². The lowest BCUT2D eigenvalue weighted by molar-refractivity contribution is 0.0327. The van der Waals surface area contributed by atoms with Gasteiger partial charge in [-0.25, -0.2) is 0 Å². The van der Waals surface area contributed by atoms with Crippen LogP contribution in [-0.2, 0) is 0 Å². The van der Waals surface area contributed by atoms with E-state index in [2.05, 4.69) is 23.4 Å². The minimum absolute atomic E-state index is 1.24. The molecule has 4 heteroatoms. The molecule has 0 aliphatic heterocycles. The van der Waals surface area contributed by atoms with E-state index in [-0.39, 0.29) is 0 Å². The Morgan fingerprint density at radius 2 is 1.25 bits per heavy atom. The summed E-state index contributed by atoms with van der Waals surface area (Å²) in [5, 5.41) is 17.0. The molecule has 0 bridgehead atoms. The van der Waals surface area contributed by atoms with Crippen molar-refractivity contribution < 1.29 is 10.2 Å². The van der Waals surface area contributed by atoms with E-state index in [1.54, 1.807) is 0 Å². The van der Waals surface area contributed by atoms with Crippen molar-refractivity contribution in [3.63, 3.8) is 0 Å². The molecule has 0 saturated heterocycles. The van der Waals surface area contributed by atoms with Gasteiger partial charge in [-0.1, -0.05) is 0 Å². The van der Waals surface area contributed by atoms with Gasteiger partial charge < -0.3 is 10.2 Å². The van der Waals surface area contributed by atoms with Gasteiger partial charge in [0.1, 0.15) is 0 Å². The highest BCUT2D eigenvalue weighted by Gasteiger charge is 2.08. The molecule has 0 aromatic carbocycles. The molecule has 0 aliphatic rings. The van der Waals surface area contributed by atoms with Gasteiger partial charge in [0, 0.05) is 0 Å². The first kappa shape index (κ1) is 7.26. The third-order valence-corrected chi connectivity index (χ3v) is 0.641. The zero-order chi connectivity index (χ0) is 6.57. The van der Waals surface area contributed by atoms with E-state index in [0.717, 1.165) is 0 Å². The minimum Gasteiger partial charge on any atom is -0.368 e. The molecule has 0 amide bonds. The molecule has 0 aliphatic carbocycles. The molecular weight excluding hydrogens is 108 g/mol. The van der Waals surface area contributed by atoms with Crippen molar-refractivity contribution in [1.29, 1.82) is 0 Å². The quantitative estimate of drug-likeness (QED) is 0.466. The molecule has 0 saturated carbocycles. The van der Waals surface area contributed by atoms with Crippen LogP contribution in [0, 0.1) is 0 Å². The lowest BCUT2D eigenvalue weighted by atomic mass is 10.5. The molecule has 0 fully saturated rings. The molecule has 2 atom stereocenters. The Balaban J connectivity index is 3.60. The highest BCUT2D eigenvalue weighted by atomic mass is 16.3. The second-order valence-corrected chi connectivity index (χ2v) is 1.19. The summed E-state index contributed by atoms with van der Waals surface area (Å²) in [6.45, 7) is 5.96. The van der Waals surface area contributed by atoms with Crippen LogP contribution in [0.2, 0.25) is 0 Å². The zero-order valence-electron chi connectivity index (χ0n) is 4.36. The van der Waals surface area contributed by atoms with E-state index in [9.17, 15) is 0 Å². The van der Waals surface area contributed by atoms with Crippen molar-refractivity contribution >= 4 is 13.4 Å². The lowest BCUT2D eigenvalue weighted by Crippen LogP contribution is -2.20. The maximum Gasteiger partial charge on any atom is 0.191 e. The number of rotatable bonds is 3. The largest absolute Gasteiger partial charge is 0.368 e. The van der Waals surface area contributed by atoms with Gasteiger partial charge in [-0.3, -0.25) is 9.98 Å². The summed E-state index contributed by atoms with van der Waals surface area (Å²) >= 11 is 0. The Morgan fingerprint density at radius 1 is 1.00 bits per heavy atom. The van der Waals surface area contributed by atoms with Gasteiger partial charge in [-0.15, -0.1) is 0 Å². The molecule has 0 heterocycles. The maximum absolute atomic E-state index is 8.51. The van der Waals surface area contributed by atoms with Gasteiger partial charge >= 0.3 is 0 Å². The smallest absolute Gasteiger partial charge is 0.191 e. The van der Waals surface area contributed by atoms with Crippen molar-refractivity contribution in [3.05, 3.63) is 0 Å². The predicted octanol–water partition coefficient (Wildman–Crippen LogP) is -0.976. The van der Waals surface area contributed by atoms with Crippen molar-refractivity contribution in [1.82, 2.24) is 0 Å². The van der Waals surface area contributed by atoms with Crippen LogP contribution >= 0.6 is 0 Å². The Bertz CT molecular complexity index is 82.0. The van der Waals surface area contributed by atoms with E-state index < -0.39 is 12.5 Å². The molecule has 2 unspecified atom stereocenters. The number of hydrogen-bond acceptors (Lipinski definition) is 4. The van der Waals surface area contributed by atoms with Gasteiger partial charge in [-0.2, -0.15) is 0 Å². The molecule has 8 heavy (non-hydrogen) atoms. The molecule has 0 rings (SSSR count). The number of aliphatic hydroxyl groups excluding tert-OH is 2. The topological polar surface area (TPSA) is 65.2 Å². The highest BCUT2D eigenvalue weighted by molar-refractivity contribution is 5.25. The van der Waals surface area contributed by atoms with Crippen LogP contribution in [0.4, 0.5) is 0 Å². The summed E-state index contributed by atoms with van der Waals surface area (Å²) in [7, 11) is 0. The average Bonchev–Trinajstić information content (AvgIpc) is 1.84. The van der Waals surface area contributed by atoms with Crippen molar-refractivity contribution in [2.45, 2.75) is 12.5 Å². The lowest BCUT2D eigenvalue weighted by Gasteiger charge is -2.05. The second-order valence-electron chi connectivity index (χ2n) is 1.19. The molecule has 4 nitrogen and oxygen atoms in total. The predicted molar refractivity (Wildman–Crippen MR) is 31.1 cm³/mol. The fourth-order valence-electron chi connectivity index (χ4n) is 0.189. The number of hydrogen-bond donors (Lipinski definition) is 2. The van der Waals surface area contributed by atoms with Crippen LogP contribution in [0.1, 0.15) is 0 Å². The summed E-state index contributed by atoms with van der Waals surface area (Å²) in [5.74, 6) is 0. The normalized spacial score (nSPS) is 16.8. The Morgan fingerprint density at radius 3 is 1.38 bits per heavy atom. The fourth-order valence-corrected chi connectivity index (χ4v) is 0.189. The number of aliphatic hydroxyl groups is 2. The van der Waals surface area contributed by atoms with Crippen LogP contribution in [0.3, 0.4) is 0 Å². The SMILES string of the molecule is C=NC(O)C(O)N=C.